The highest BCUT2D eigenvalue weighted by molar-refractivity contribution is 6.32. The topological polar surface area (TPSA) is 3.24 Å². The second kappa shape index (κ2) is 9.60. The van der Waals surface area contributed by atoms with Gasteiger partial charge >= 0.3 is 0 Å². The predicted octanol–water partition coefficient (Wildman–Crippen LogP) is 8.53. The Morgan fingerprint density at radius 3 is 2.53 bits per heavy atom. The van der Waals surface area contributed by atoms with E-state index in [-0.39, 0.29) is 5.41 Å². The Kier molecular flexibility index (Phi) is 7.34. The van der Waals surface area contributed by atoms with E-state index in [2.05, 4.69) is 95.0 Å². The fraction of sp³-hybridized carbons (Fsp3) is 0.500. The average molecular weight is 424 g/mol. The van der Waals surface area contributed by atoms with E-state index in [9.17, 15) is 0 Å². The van der Waals surface area contributed by atoms with E-state index in [1.807, 2.05) is 0 Å². The number of rotatable bonds is 6. The molecule has 0 N–H and O–H groups in total. The number of benzene rings is 1. The molecule has 1 aromatic rings. The highest BCUT2D eigenvalue weighted by Gasteiger charge is 2.39. The molecule has 1 nitrogen and oxygen atoms in total. The fourth-order valence-corrected chi connectivity index (χ4v) is 4.80. The molecule has 0 radical (unpaired) electrons. The molecule has 2 heteroatoms. The van der Waals surface area contributed by atoms with Gasteiger partial charge in [0.05, 0.1) is 0 Å². The summed E-state index contributed by atoms with van der Waals surface area (Å²) < 4.78 is 0. The quantitative estimate of drug-likeness (QED) is 0.443. The molecular formula is C28H38ClN. The molecule has 30 heavy (non-hydrogen) atoms. The van der Waals surface area contributed by atoms with E-state index < -0.39 is 0 Å². The van der Waals surface area contributed by atoms with Crippen LogP contribution in [0.1, 0.15) is 72.8 Å². The summed E-state index contributed by atoms with van der Waals surface area (Å²) in [6.45, 7) is 14.8. The summed E-state index contributed by atoms with van der Waals surface area (Å²) >= 11 is 6.87. The molecule has 162 valence electrons. The lowest BCUT2D eigenvalue weighted by molar-refractivity contribution is 0.504. The zero-order chi connectivity index (χ0) is 21.9. The molecule has 3 rings (SSSR count). The molecule has 1 atom stereocenters. The third-order valence-corrected chi connectivity index (χ3v) is 7.28. The van der Waals surface area contributed by atoms with Crippen LogP contribution in [0.15, 0.2) is 70.4 Å². The predicted molar refractivity (Wildman–Crippen MR) is 133 cm³/mol. The van der Waals surface area contributed by atoms with Gasteiger partial charge in [0.15, 0.2) is 0 Å². The van der Waals surface area contributed by atoms with E-state index in [1.54, 1.807) is 0 Å². The molecule has 1 aliphatic carbocycles. The number of anilines is 1. The Bertz CT molecular complexity index is 882. The van der Waals surface area contributed by atoms with Crippen molar-refractivity contribution in [3.63, 3.8) is 0 Å². The van der Waals surface area contributed by atoms with Crippen molar-refractivity contribution in [2.45, 2.75) is 72.6 Å². The van der Waals surface area contributed by atoms with Gasteiger partial charge in [-0.15, -0.1) is 0 Å². The zero-order valence-corrected chi connectivity index (χ0v) is 20.4. The number of fused-ring (bicyclic) bond motifs is 1. The molecule has 1 heterocycles. The van der Waals surface area contributed by atoms with Crippen LogP contribution in [-0.4, -0.2) is 6.54 Å². The number of halogens is 1. The lowest BCUT2D eigenvalue weighted by atomic mass is 9.83. The summed E-state index contributed by atoms with van der Waals surface area (Å²) in [5.41, 5.74) is 6.71. The van der Waals surface area contributed by atoms with Crippen LogP contribution in [0.4, 0.5) is 5.69 Å². The van der Waals surface area contributed by atoms with Gasteiger partial charge in [0.2, 0.25) is 0 Å². The summed E-state index contributed by atoms with van der Waals surface area (Å²) in [5.74, 6) is 1.22. The summed E-state index contributed by atoms with van der Waals surface area (Å²) in [7, 11) is 0. The minimum absolute atomic E-state index is 0.00309. The highest BCUT2D eigenvalue weighted by Crippen LogP contribution is 2.47. The smallest absolute Gasteiger partial charge is 0.0469 e. The van der Waals surface area contributed by atoms with Crippen LogP contribution < -0.4 is 4.90 Å². The number of para-hydroxylation sites is 1. The molecule has 0 saturated carbocycles. The van der Waals surface area contributed by atoms with Crippen molar-refractivity contribution in [2.24, 2.45) is 11.8 Å². The van der Waals surface area contributed by atoms with Crippen LogP contribution in [0.25, 0.3) is 0 Å². The van der Waals surface area contributed by atoms with Gasteiger partial charge in [-0.05, 0) is 66.4 Å². The first-order valence-corrected chi connectivity index (χ1v) is 12.0. The van der Waals surface area contributed by atoms with Gasteiger partial charge in [0, 0.05) is 28.4 Å². The molecule has 0 amide bonds. The standard InChI is InChI=1S/C28H38ClN/c1-7-19-30-25-14-9-8-13-24(25)28(5,6)26(30)18-17-23-12-10-11-22(27(23)29)16-15-21(4)20(2)3/h8-9,13-18,20-21H,7,10-12,19H2,1-6H3. The maximum absolute atomic E-state index is 6.87. The van der Waals surface area contributed by atoms with Crippen molar-refractivity contribution in [1.29, 1.82) is 0 Å². The Labute approximate surface area is 189 Å². The Morgan fingerprint density at radius 1 is 1.10 bits per heavy atom. The van der Waals surface area contributed by atoms with Gasteiger partial charge in [-0.3, -0.25) is 0 Å². The van der Waals surface area contributed by atoms with Crippen molar-refractivity contribution in [2.75, 3.05) is 11.4 Å². The molecule has 2 aliphatic rings. The summed E-state index contributed by atoms with van der Waals surface area (Å²) in [6.07, 6.45) is 13.6. The summed E-state index contributed by atoms with van der Waals surface area (Å²) in [5, 5.41) is 0.959. The first kappa shape index (κ1) is 22.9. The van der Waals surface area contributed by atoms with Crippen LogP contribution in [0.5, 0.6) is 0 Å². The van der Waals surface area contributed by atoms with Crippen LogP contribution >= 0.6 is 11.6 Å². The highest BCUT2D eigenvalue weighted by atomic mass is 35.5. The van der Waals surface area contributed by atoms with E-state index in [0.29, 0.717) is 11.8 Å². The summed E-state index contributed by atoms with van der Waals surface area (Å²) in [6, 6.07) is 8.84. The second-order valence-electron chi connectivity index (χ2n) is 9.69. The maximum Gasteiger partial charge on any atom is 0.0469 e. The Hall–Kier alpha value is -1.73. The lowest BCUT2D eigenvalue weighted by Crippen LogP contribution is -2.26. The molecule has 1 unspecified atom stereocenters. The SMILES string of the molecule is CCCN1C(=CC=C2CCCC(C=CC(C)C(C)C)=C2Cl)C(C)(C)c2ccccc21. The van der Waals surface area contributed by atoms with Gasteiger partial charge in [0.1, 0.15) is 0 Å². The second-order valence-corrected chi connectivity index (χ2v) is 10.1. The van der Waals surface area contributed by atoms with Crippen molar-refractivity contribution in [3.8, 4) is 0 Å². The zero-order valence-electron chi connectivity index (χ0n) is 19.6. The Morgan fingerprint density at radius 2 is 1.83 bits per heavy atom. The molecule has 0 bridgehead atoms. The lowest BCUT2D eigenvalue weighted by Gasteiger charge is -2.27. The average Bonchev–Trinajstić information content (AvgIpc) is 2.93. The number of nitrogens with zero attached hydrogens (tertiary/aromatic N) is 1. The van der Waals surface area contributed by atoms with E-state index in [1.165, 1.54) is 34.5 Å². The van der Waals surface area contributed by atoms with Gasteiger partial charge in [-0.2, -0.15) is 0 Å². The summed E-state index contributed by atoms with van der Waals surface area (Å²) in [4.78, 5) is 2.50. The monoisotopic (exact) mass is 423 g/mol. The van der Waals surface area contributed by atoms with Crippen molar-refractivity contribution in [3.05, 3.63) is 76.0 Å². The van der Waals surface area contributed by atoms with Crippen LogP contribution in [-0.2, 0) is 5.41 Å². The molecule has 1 aliphatic heterocycles. The van der Waals surface area contributed by atoms with Crippen LogP contribution in [0.2, 0.25) is 0 Å². The van der Waals surface area contributed by atoms with Crippen LogP contribution in [0, 0.1) is 11.8 Å². The van der Waals surface area contributed by atoms with Crippen molar-refractivity contribution in [1.82, 2.24) is 0 Å². The molecule has 0 spiro atoms. The minimum atomic E-state index is 0.00309. The Balaban J connectivity index is 1.95. The number of allylic oxidation sites excluding steroid dienone is 8. The number of hydrogen-bond donors (Lipinski definition) is 0. The minimum Gasteiger partial charge on any atom is -0.344 e. The van der Waals surface area contributed by atoms with Gasteiger partial charge < -0.3 is 4.90 Å². The first-order valence-electron chi connectivity index (χ1n) is 11.6. The first-order chi connectivity index (χ1) is 14.3. The van der Waals surface area contributed by atoms with Crippen molar-refractivity contribution < 1.29 is 0 Å². The van der Waals surface area contributed by atoms with Gasteiger partial charge in [0.25, 0.3) is 0 Å². The van der Waals surface area contributed by atoms with E-state index in [0.717, 1.165) is 30.8 Å². The third-order valence-electron chi connectivity index (χ3n) is 6.80. The molecule has 1 aromatic carbocycles. The third kappa shape index (κ3) is 4.62. The van der Waals surface area contributed by atoms with Gasteiger partial charge in [-0.1, -0.05) is 89.6 Å². The fourth-order valence-electron chi connectivity index (χ4n) is 4.48. The largest absolute Gasteiger partial charge is 0.344 e. The molecular weight excluding hydrogens is 386 g/mol. The van der Waals surface area contributed by atoms with Gasteiger partial charge in [-0.25, -0.2) is 0 Å². The van der Waals surface area contributed by atoms with Crippen molar-refractivity contribution >= 4 is 17.3 Å². The number of hydrogen-bond acceptors (Lipinski definition) is 1. The van der Waals surface area contributed by atoms with Crippen LogP contribution in [0.3, 0.4) is 0 Å². The van der Waals surface area contributed by atoms with E-state index in [4.69, 9.17) is 11.6 Å². The normalized spacial score (nSPS) is 22.6. The maximum atomic E-state index is 6.87. The van der Waals surface area contributed by atoms with E-state index >= 15 is 0 Å². The molecule has 0 fully saturated rings. The molecule has 0 aromatic heterocycles. The molecule has 0 saturated heterocycles.